The maximum absolute atomic E-state index is 5.69. The zero-order valence-corrected chi connectivity index (χ0v) is 12.1. The van der Waals surface area contributed by atoms with Crippen molar-refractivity contribution in [2.75, 3.05) is 24.8 Å². The maximum atomic E-state index is 5.69. The van der Waals surface area contributed by atoms with Crippen molar-refractivity contribution in [3.63, 3.8) is 0 Å². The Morgan fingerprint density at radius 3 is 2.84 bits per heavy atom. The number of halogens is 1. The Bertz CT molecular complexity index is 542. The van der Waals surface area contributed by atoms with Gasteiger partial charge in [-0.25, -0.2) is 4.98 Å². The molecule has 0 amide bonds. The second-order valence-corrected chi connectivity index (χ2v) is 4.78. The third-order valence-corrected chi connectivity index (χ3v) is 2.96. The highest BCUT2D eigenvalue weighted by atomic mass is 79.9. The van der Waals surface area contributed by atoms with Crippen LogP contribution < -0.4 is 11.1 Å². The number of rotatable bonds is 5. The zero-order valence-electron chi connectivity index (χ0n) is 10.6. The van der Waals surface area contributed by atoms with E-state index in [1.54, 1.807) is 13.2 Å². The molecule has 0 aliphatic heterocycles. The van der Waals surface area contributed by atoms with E-state index >= 15 is 0 Å². The van der Waals surface area contributed by atoms with E-state index < -0.39 is 0 Å². The van der Waals surface area contributed by atoms with Crippen LogP contribution in [0.3, 0.4) is 0 Å². The second kappa shape index (κ2) is 6.49. The topological polar surface area (TPSA) is 73.1 Å². The number of nitrogens with two attached hydrogens (primary N) is 1. The summed E-state index contributed by atoms with van der Waals surface area (Å²) in [5.41, 5.74) is 7.79. The number of methoxy groups -OCH3 is 1. The number of aromatic nitrogens is 2. The minimum Gasteiger partial charge on any atom is -0.384 e. The lowest BCUT2D eigenvalue weighted by Crippen LogP contribution is -2.04. The molecule has 1 aromatic carbocycles. The number of nitrogens with one attached hydrogen (secondary N) is 1. The number of benzene rings is 1. The first kappa shape index (κ1) is 13.8. The summed E-state index contributed by atoms with van der Waals surface area (Å²) in [6.45, 7) is 0.667. The van der Waals surface area contributed by atoms with Gasteiger partial charge in [0.05, 0.1) is 6.61 Å². The summed E-state index contributed by atoms with van der Waals surface area (Å²) in [6, 6.07) is 9.63. The number of ether oxygens (including phenoxy) is 1. The Kier molecular flexibility index (Phi) is 4.70. The Morgan fingerprint density at radius 2 is 2.11 bits per heavy atom. The first-order valence-corrected chi connectivity index (χ1v) is 6.62. The van der Waals surface area contributed by atoms with Gasteiger partial charge in [-0.3, -0.25) is 0 Å². The van der Waals surface area contributed by atoms with E-state index in [1.807, 2.05) is 24.3 Å². The predicted molar refractivity (Wildman–Crippen MR) is 79.4 cm³/mol. The van der Waals surface area contributed by atoms with E-state index in [1.165, 1.54) is 0 Å². The first-order chi connectivity index (χ1) is 9.19. The molecule has 0 aliphatic carbocycles. The fraction of sp³-hybridized carbons (Fsp3) is 0.231. The minimum absolute atomic E-state index is 0.416. The Hall–Kier alpha value is -1.66. The Labute approximate surface area is 120 Å². The number of nitrogens with zero attached hydrogens (tertiary/aromatic N) is 2. The van der Waals surface area contributed by atoms with Crippen molar-refractivity contribution < 1.29 is 4.74 Å². The van der Waals surface area contributed by atoms with Gasteiger partial charge in [-0.05, 0) is 34.0 Å². The van der Waals surface area contributed by atoms with Gasteiger partial charge in [-0.15, -0.1) is 0 Å². The van der Waals surface area contributed by atoms with Crippen LogP contribution >= 0.6 is 15.9 Å². The average molecular weight is 323 g/mol. The summed E-state index contributed by atoms with van der Waals surface area (Å²) in [4.78, 5) is 8.38. The molecule has 0 aliphatic rings. The SMILES string of the molecule is COCCc1ccccc1Nc1nc(N)cc(Br)n1. The van der Waals surface area contributed by atoms with Crippen LogP contribution in [0.1, 0.15) is 5.56 Å². The van der Waals surface area contributed by atoms with Crippen molar-refractivity contribution in [1.82, 2.24) is 9.97 Å². The van der Waals surface area contributed by atoms with Gasteiger partial charge in [-0.1, -0.05) is 18.2 Å². The molecule has 1 aromatic heterocycles. The smallest absolute Gasteiger partial charge is 0.230 e. The summed E-state index contributed by atoms with van der Waals surface area (Å²) in [5, 5.41) is 3.18. The van der Waals surface area contributed by atoms with Crippen molar-refractivity contribution in [3.8, 4) is 0 Å². The molecule has 0 saturated carbocycles. The van der Waals surface area contributed by atoms with Crippen molar-refractivity contribution in [2.24, 2.45) is 0 Å². The molecule has 0 spiro atoms. The van der Waals surface area contributed by atoms with Crippen LogP contribution in [0, 0.1) is 0 Å². The number of hydrogen-bond acceptors (Lipinski definition) is 5. The van der Waals surface area contributed by atoms with Gasteiger partial charge in [0.15, 0.2) is 0 Å². The largest absolute Gasteiger partial charge is 0.384 e. The lowest BCUT2D eigenvalue weighted by Gasteiger charge is -2.11. The van der Waals surface area contributed by atoms with Crippen LogP contribution in [0.25, 0.3) is 0 Å². The zero-order chi connectivity index (χ0) is 13.7. The van der Waals surface area contributed by atoms with E-state index in [2.05, 4.69) is 31.2 Å². The number of nitrogen functional groups attached to an aromatic ring is 1. The average Bonchev–Trinajstić information content (AvgIpc) is 2.36. The Balaban J connectivity index is 2.22. The number of hydrogen-bond donors (Lipinski definition) is 2. The molecule has 0 fully saturated rings. The fourth-order valence-corrected chi connectivity index (χ4v) is 2.09. The predicted octanol–water partition coefficient (Wildman–Crippen LogP) is 2.75. The molecule has 1 heterocycles. The monoisotopic (exact) mass is 322 g/mol. The van der Waals surface area contributed by atoms with Gasteiger partial charge in [0, 0.05) is 18.9 Å². The van der Waals surface area contributed by atoms with Gasteiger partial charge in [0.1, 0.15) is 10.4 Å². The highest BCUT2D eigenvalue weighted by Crippen LogP contribution is 2.21. The van der Waals surface area contributed by atoms with Crippen molar-refractivity contribution in [2.45, 2.75) is 6.42 Å². The standard InChI is InChI=1S/C13H15BrN4O/c1-19-7-6-9-4-2-3-5-10(9)16-13-17-11(14)8-12(15)18-13/h2-5,8H,6-7H2,1H3,(H3,15,16,17,18). The molecule has 0 atom stereocenters. The van der Waals surface area contributed by atoms with Crippen molar-refractivity contribution in [3.05, 3.63) is 40.5 Å². The molecular formula is C13H15BrN4O. The maximum Gasteiger partial charge on any atom is 0.230 e. The molecule has 0 unspecified atom stereocenters. The molecule has 2 rings (SSSR count). The van der Waals surface area contributed by atoms with Crippen LogP contribution in [-0.4, -0.2) is 23.7 Å². The van der Waals surface area contributed by atoms with Crippen LogP contribution in [0.4, 0.5) is 17.5 Å². The van der Waals surface area contributed by atoms with Gasteiger partial charge >= 0.3 is 0 Å². The third kappa shape index (κ3) is 3.90. The van der Waals surface area contributed by atoms with Crippen LogP contribution in [-0.2, 0) is 11.2 Å². The summed E-state index contributed by atoms with van der Waals surface area (Å²) < 4.78 is 5.75. The highest BCUT2D eigenvalue weighted by molar-refractivity contribution is 9.10. The molecule has 2 aromatic rings. The summed E-state index contributed by atoms with van der Waals surface area (Å²) in [7, 11) is 1.69. The van der Waals surface area contributed by atoms with Crippen molar-refractivity contribution in [1.29, 1.82) is 0 Å². The molecular weight excluding hydrogens is 308 g/mol. The molecule has 100 valence electrons. The summed E-state index contributed by atoms with van der Waals surface area (Å²) in [5.74, 6) is 0.885. The molecule has 0 radical (unpaired) electrons. The van der Waals surface area contributed by atoms with E-state index in [0.29, 0.717) is 23.0 Å². The molecule has 19 heavy (non-hydrogen) atoms. The third-order valence-electron chi connectivity index (χ3n) is 2.55. The van der Waals surface area contributed by atoms with Crippen molar-refractivity contribution >= 4 is 33.4 Å². The van der Waals surface area contributed by atoms with E-state index in [9.17, 15) is 0 Å². The summed E-state index contributed by atoms with van der Waals surface area (Å²) in [6.07, 6.45) is 0.823. The normalized spacial score (nSPS) is 10.4. The molecule has 6 heteroatoms. The van der Waals surface area contributed by atoms with Gasteiger partial charge in [0.25, 0.3) is 0 Å². The van der Waals surface area contributed by atoms with Gasteiger partial charge in [-0.2, -0.15) is 4.98 Å². The molecule has 0 saturated heterocycles. The second-order valence-electron chi connectivity index (χ2n) is 3.96. The fourth-order valence-electron chi connectivity index (χ4n) is 1.68. The van der Waals surface area contributed by atoms with Gasteiger partial charge < -0.3 is 15.8 Å². The first-order valence-electron chi connectivity index (χ1n) is 5.83. The van der Waals surface area contributed by atoms with E-state index in [-0.39, 0.29) is 0 Å². The van der Waals surface area contributed by atoms with Crippen LogP contribution in [0.2, 0.25) is 0 Å². The van der Waals surface area contributed by atoms with E-state index in [0.717, 1.165) is 17.7 Å². The minimum atomic E-state index is 0.416. The molecule has 3 N–H and O–H groups in total. The lowest BCUT2D eigenvalue weighted by molar-refractivity contribution is 0.202. The quantitative estimate of drug-likeness (QED) is 0.828. The van der Waals surface area contributed by atoms with Crippen LogP contribution in [0.15, 0.2) is 34.9 Å². The molecule has 5 nitrogen and oxygen atoms in total. The Morgan fingerprint density at radius 1 is 1.32 bits per heavy atom. The highest BCUT2D eigenvalue weighted by Gasteiger charge is 2.05. The number of anilines is 3. The van der Waals surface area contributed by atoms with Gasteiger partial charge in [0.2, 0.25) is 5.95 Å². The number of para-hydroxylation sites is 1. The molecule has 0 bridgehead atoms. The lowest BCUT2D eigenvalue weighted by atomic mass is 10.1. The summed E-state index contributed by atoms with van der Waals surface area (Å²) >= 11 is 3.30. The van der Waals surface area contributed by atoms with E-state index in [4.69, 9.17) is 10.5 Å². The van der Waals surface area contributed by atoms with Crippen LogP contribution in [0.5, 0.6) is 0 Å².